The van der Waals surface area contributed by atoms with Crippen LogP contribution in [0.2, 0.25) is 0 Å². The molecule has 2 amide bonds. The summed E-state index contributed by atoms with van der Waals surface area (Å²) in [7, 11) is 0. The Bertz CT molecular complexity index is 717. The molecule has 3 rings (SSSR count). The highest BCUT2D eigenvalue weighted by molar-refractivity contribution is 5.80. The van der Waals surface area contributed by atoms with Crippen molar-refractivity contribution < 1.29 is 14.1 Å². The van der Waals surface area contributed by atoms with Gasteiger partial charge in [-0.1, -0.05) is 5.16 Å². The van der Waals surface area contributed by atoms with Gasteiger partial charge in [0, 0.05) is 32.4 Å². The molecule has 3 heterocycles. The number of nitrogens with zero attached hydrogens (tertiary/aromatic N) is 5. The van der Waals surface area contributed by atoms with Crippen LogP contribution >= 0.6 is 0 Å². The van der Waals surface area contributed by atoms with Crippen molar-refractivity contribution in [1.82, 2.24) is 30.3 Å². The van der Waals surface area contributed by atoms with Gasteiger partial charge in [0.25, 0.3) is 0 Å². The van der Waals surface area contributed by atoms with E-state index in [0.29, 0.717) is 18.9 Å². The molecular formula is C15H18N6O3. The Hall–Kier alpha value is -2.84. The second kappa shape index (κ2) is 7.16. The smallest absolute Gasteiger partial charge is 0.246 e. The molecule has 0 aliphatic carbocycles. The standard InChI is InChI=1S/C15H18N6O3/c1-10(22)21-7-2-4-11(9-21)15(23)18-8-12-19-14(20-24-12)13-16-5-3-6-17-13/h3,5-6,11H,2,4,7-9H2,1H3,(H,18,23)/t11-/m1/s1. The van der Waals surface area contributed by atoms with E-state index >= 15 is 0 Å². The summed E-state index contributed by atoms with van der Waals surface area (Å²) in [5.74, 6) is 0.601. The lowest BCUT2D eigenvalue weighted by Gasteiger charge is -2.31. The molecule has 0 bridgehead atoms. The molecule has 1 atom stereocenters. The molecule has 1 aliphatic rings. The predicted molar refractivity (Wildman–Crippen MR) is 82.1 cm³/mol. The van der Waals surface area contributed by atoms with Crippen molar-refractivity contribution in [2.45, 2.75) is 26.3 Å². The second-order valence-corrected chi connectivity index (χ2v) is 5.61. The van der Waals surface area contributed by atoms with Gasteiger partial charge >= 0.3 is 0 Å². The van der Waals surface area contributed by atoms with Gasteiger partial charge in [-0.3, -0.25) is 9.59 Å². The number of carbonyl (C=O) groups is 2. The fraction of sp³-hybridized carbons (Fsp3) is 0.467. The molecule has 0 aromatic carbocycles. The van der Waals surface area contributed by atoms with Crippen LogP contribution < -0.4 is 5.32 Å². The first-order valence-electron chi connectivity index (χ1n) is 7.76. The van der Waals surface area contributed by atoms with Crippen molar-refractivity contribution in [3.8, 4) is 11.6 Å². The number of rotatable bonds is 4. The molecule has 0 unspecified atom stereocenters. The van der Waals surface area contributed by atoms with Crippen LogP contribution in [0.3, 0.4) is 0 Å². The van der Waals surface area contributed by atoms with E-state index in [2.05, 4.69) is 25.4 Å². The van der Waals surface area contributed by atoms with Gasteiger partial charge in [0.15, 0.2) is 0 Å². The molecule has 0 radical (unpaired) electrons. The van der Waals surface area contributed by atoms with Gasteiger partial charge in [-0.25, -0.2) is 9.97 Å². The largest absolute Gasteiger partial charge is 0.347 e. The minimum Gasteiger partial charge on any atom is -0.347 e. The van der Waals surface area contributed by atoms with Gasteiger partial charge in [0.1, 0.15) is 0 Å². The zero-order chi connectivity index (χ0) is 16.9. The third-order valence-corrected chi connectivity index (χ3v) is 3.89. The predicted octanol–water partition coefficient (Wildman–Crippen LogP) is 0.401. The molecule has 0 spiro atoms. The van der Waals surface area contributed by atoms with E-state index in [9.17, 15) is 9.59 Å². The molecule has 126 valence electrons. The molecule has 9 nitrogen and oxygen atoms in total. The van der Waals surface area contributed by atoms with E-state index in [0.717, 1.165) is 12.8 Å². The number of nitrogens with one attached hydrogen (secondary N) is 1. The van der Waals surface area contributed by atoms with Gasteiger partial charge in [-0.15, -0.1) is 0 Å². The van der Waals surface area contributed by atoms with E-state index in [1.807, 2.05) is 0 Å². The molecule has 2 aromatic heterocycles. The Morgan fingerprint density at radius 2 is 2.12 bits per heavy atom. The summed E-state index contributed by atoms with van der Waals surface area (Å²) in [6.45, 7) is 2.82. The second-order valence-electron chi connectivity index (χ2n) is 5.61. The monoisotopic (exact) mass is 330 g/mol. The maximum absolute atomic E-state index is 12.3. The highest BCUT2D eigenvalue weighted by Gasteiger charge is 2.27. The molecule has 2 aromatic rings. The van der Waals surface area contributed by atoms with Crippen LogP contribution in [-0.2, 0) is 16.1 Å². The molecular weight excluding hydrogens is 312 g/mol. The summed E-state index contributed by atoms with van der Waals surface area (Å²) in [4.78, 5) is 37.6. The molecule has 9 heteroatoms. The highest BCUT2D eigenvalue weighted by atomic mass is 16.5. The van der Waals surface area contributed by atoms with E-state index in [4.69, 9.17) is 4.52 Å². The van der Waals surface area contributed by atoms with Crippen molar-refractivity contribution in [2.75, 3.05) is 13.1 Å². The van der Waals surface area contributed by atoms with Crippen LogP contribution in [0, 0.1) is 5.92 Å². The zero-order valence-electron chi connectivity index (χ0n) is 13.3. The van der Waals surface area contributed by atoms with Crippen LogP contribution in [0.4, 0.5) is 0 Å². The molecule has 0 saturated carbocycles. The Morgan fingerprint density at radius 3 is 2.88 bits per heavy atom. The van der Waals surface area contributed by atoms with E-state index in [1.54, 1.807) is 23.4 Å². The van der Waals surface area contributed by atoms with Crippen LogP contribution in [0.1, 0.15) is 25.7 Å². The van der Waals surface area contributed by atoms with Crippen LogP contribution in [0.15, 0.2) is 23.0 Å². The first kappa shape index (κ1) is 16.0. The summed E-state index contributed by atoms with van der Waals surface area (Å²) >= 11 is 0. The van der Waals surface area contributed by atoms with Gasteiger partial charge in [0.2, 0.25) is 29.4 Å². The first-order valence-corrected chi connectivity index (χ1v) is 7.76. The zero-order valence-corrected chi connectivity index (χ0v) is 13.3. The lowest BCUT2D eigenvalue weighted by atomic mass is 9.97. The van der Waals surface area contributed by atoms with Crippen molar-refractivity contribution in [1.29, 1.82) is 0 Å². The SMILES string of the molecule is CC(=O)N1CCC[C@@H](C(=O)NCc2nc(-c3ncccn3)no2)C1. The first-order chi connectivity index (χ1) is 11.6. The van der Waals surface area contributed by atoms with Gasteiger partial charge in [0.05, 0.1) is 12.5 Å². The number of aromatic nitrogens is 4. The van der Waals surface area contributed by atoms with E-state index < -0.39 is 0 Å². The van der Waals surface area contributed by atoms with Crippen molar-refractivity contribution in [3.05, 3.63) is 24.4 Å². The van der Waals surface area contributed by atoms with Crippen LogP contribution in [-0.4, -0.2) is 49.9 Å². The normalized spacial score (nSPS) is 17.5. The fourth-order valence-corrected chi connectivity index (χ4v) is 2.62. The minimum atomic E-state index is -0.206. The lowest BCUT2D eigenvalue weighted by molar-refractivity contribution is -0.134. The Balaban J connectivity index is 1.55. The number of carbonyl (C=O) groups excluding carboxylic acids is 2. The number of hydrogen-bond donors (Lipinski definition) is 1. The summed E-state index contributed by atoms with van der Waals surface area (Å²) in [6.07, 6.45) is 4.77. The Kier molecular flexibility index (Phi) is 4.78. The van der Waals surface area contributed by atoms with Gasteiger partial charge in [-0.2, -0.15) is 4.98 Å². The van der Waals surface area contributed by atoms with Crippen molar-refractivity contribution >= 4 is 11.8 Å². The third kappa shape index (κ3) is 3.73. The van der Waals surface area contributed by atoms with Crippen molar-refractivity contribution in [3.63, 3.8) is 0 Å². The average Bonchev–Trinajstić information content (AvgIpc) is 3.09. The van der Waals surface area contributed by atoms with Gasteiger partial charge < -0.3 is 14.7 Å². The average molecular weight is 330 g/mol. The minimum absolute atomic E-state index is 0.00287. The molecule has 1 saturated heterocycles. The molecule has 24 heavy (non-hydrogen) atoms. The van der Waals surface area contributed by atoms with E-state index in [-0.39, 0.29) is 36.0 Å². The Morgan fingerprint density at radius 1 is 1.33 bits per heavy atom. The highest BCUT2D eigenvalue weighted by Crippen LogP contribution is 2.17. The summed E-state index contributed by atoms with van der Waals surface area (Å²) < 4.78 is 5.10. The number of likely N-dealkylation sites (tertiary alicyclic amines) is 1. The number of hydrogen-bond acceptors (Lipinski definition) is 7. The summed E-state index contributed by atoms with van der Waals surface area (Å²) in [5, 5.41) is 6.58. The van der Waals surface area contributed by atoms with Gasteiger partial charge in [-0.05, 0) is 18.9 Å². The molecule has 1 aliphatic heterocycles. The Labute approximate surface area is 138 Å². The quantitative estimate of drug-likeness (QED) is 0.863. The van der Waals surface area contributed by atoms with E-state index in [1.165, 1.54) is 6.92 Å². The summed E-state index contributed by atoms with van der Waals surface area (Å²) in [6, 6.07) is 1.69. The van der Waals surface area contributed by atoms with Crippen molar-refractivity contribution in [2.24, 2.45) is 5.92 Å². The molecule has 1 N–H and O–H groups in total. The number of amides is 2. The maximum atomic E-state index is 12.3. The fourth-order valence-electron chi connectivity index (χ4n) is 2.62. The third-order valence-electron chi connectivity index (χ3n) is 3.89. The summed E-state index contributed by atoms with van der Waals surface area (Å²) in [5.41, 5.74) is 0. The molecule has 1 fully saturated rings. The van der Waals surface area contributed by atoms with Crippen LogP contribution in [0.25, 0.3) is 11.6 Å². The van der Waals surface area contributed by atoms with Crippen LogP contribution in [0.5, 0.6) is 0 Å². The maximum Gasteiger partial charge on any atom is 0.246 e. The topological polar surface area (TPSA) is 114 Å². The lowest BCUT2D eigenvalue weighted by Crippen LogP contribution is -2.44. The number of piperidine rings is 1.